The highest BCUT2D eigenvalue weighted by Gasteiger charge is 2.16. The lowest BCUT2D eigenvalue weighted by Gasteiger charge is -2.19. The summed E-state index contributed by atoms with van der Waals surface area (Å²) >= 11 is 0. The second-order valence-corrected chi connectivity index (χ2v) is 7.55. The number of hydrogen-bond donors (Lipinski definition) is 3. The van der Waals surface area contributed by atoms with E-state index >= 15 is 0 Å². The zero-order chi connectivity index (χ0) is 19.7. The first-order chi connectivity index (χ1) is 12.9. The predicted molar refractivity (Wildman–Crippen MR) is 105 cm³/mol. The molecule has 0 saturated carbocycles. The van der Waals surface area contributed by atoms with Gasteiger partial charge in [0.15, 0.2) is 11.8 Å². The van der Waals surface area contributed by atoms with E-state index in [4.69, 9.17) is 4.74 Å². The lowest BCUT2D eigenvalue weighted by Crippen LogP contribution is -2.39. The van der Waals surface area contributed by atoms with Gasteiger partial charge in [-0.15, -0.1) is 10.2 Å². The maximum atomic E-state index is 11.6. The number of nitrogens with zero attached hydrogens (tertiary/aromatic N) is 4. The number of ether oxygens (including phenoxy) is 1. The quantitative estimate of drug-likeness (QED) is 0.377. The van der Waals surface area contributed by atoms with Crippen LogP contribution in [0.1, 0.15) is 58.6 Å². The first kappa shape index (κ1) is 21.0. The second kappa shape index (κ2) is 10.1. The number of fused-ring (bicyclic) bond motifs is 1. The van der Waals surface area contributed by atoms with Crippen LogP contribution >= 0.6 is 0 Å². The molecule has 0 bridgehead atoms. The number of amides is 1. The Morgan fingerprint density at radius 1 is 1.19 bits per heavy atom. The lowest BCUT2D eigenvalue weighted by atomic mass is 10.2. The Labute approximate surface area is 161 Å². The van der Waals surface area contributed by atoms with Crippen LogP contribution < -0.4 is 16.0 Å². The molecule has 0 spiro atoms. The Hall–Kier alpha value is -2.32. The SMILES string of the molecule is CCNC(=NCc1nnc2n1CCCC2)NCCCNC(=O)OC(C)(C)C. The molecule has 1 amide bonds. The fraction of sp³-hybridized carbons (Fsp3) is 0.778. The van der Waals surface area contributed by atoms with Crippen LogP contribution in [0, 0.1) is 0 Å². The summed E-state index contributed by atoms with van der Waals surface area (Å²) in [5.41, 5.74) is -0.478. The van der Waals surface area contributed by atoms with Gasteiger partial charge in [0.05, 0.1) is 0 Å². The Bertz CT molecular complexity index is 634. The van der Waals surface area contributed by atoms with Crippen LogP contribution in [0.5, 0.6) is 0 Å². The van der Waals surface area contributed by atoms with E-state index in [0.717, 1.165) is 43.5 Å². The highest BCUT2D eigenvalue weighted by molar-refractivity contribution is 5.79. The van der Waals surface area contributed by atoms with Crippen LogP contribution in [0.25, 0.3) is 0 Å². The number of carbonyl (C=O) groups is 1. The number of aryl methyl sites for hydroxylation is 1. The van der Waals surface area contributed by atoms with Gasteiger partial charge in [0.2, 0.25) is 0 Å². The second-order valence-electron chi connectivity index (χ2n) is 7.55. The molecule has 9 nitrogen and oxygen atoms in total. The molecule has 1 aromatic rings. The smallest absolute Gasteiger partial charge is 0.407 e. The predicted octanol–water partition coefficient (Wildman–Crippen LogP) is 1.58. The number of guanidine groups is 1. The molecule has 0 aromatic carbocycles. The molecule has 0 aliphatic carbocycles. The minimum Gasteiger partial charge on any atom is -0.444 e. The van der Waals surface area contributed by atoms with Crippen molar-refractivity contribution in [2.75, 3.05) is 19.6 Å². The van der Waals surface area contributed by atoms with Gasteiger partial charge in [-0.05, 0) is 47.0 Å². The number of carbonyl (C=O) groups excluding carboxylic acids is 1. The van der Waals surface area contributed by atoms with Crippen molar-refractivity contribution in [3.63, 3.8) is 0 Å². The Morgan fingerprint density at radius 2 is 1.96 bits per heavy atom. The van der Waals surface area contributed by atoms with Gasteiger partial charge in [-0.3, -0.25) is 0 Å². The van der Waals surface area contributed by atoms with Crippen molar-refractivity contribution in [3.8, 4) is 0 Å². The fourth-order valence-corrected chi connectivity index (χ4v) is 2.78. The third-order valence-electron chi connectivity index (χ3n) is 3.97. The summed E-state index contributed by atoms with van der Waals surface area (Å²) in [6, 6.07) is 0. The van der Waals surface area contributed by atoms with Crippen molar-refractivity contribution in [1.29, 1.82) is 0 Å². The first-order valence-corrected chi connectivity index (χ1v) is 9.79. The van der Waals surface area contributed by atoms with Gasteiger partial charge in [-0.1, -0.05) is 0 Å². The van der Waals surface area contributed by atoms with Crippen LogP contribution in [0.4, 0.5) is 4.79 Å². The molecule has 0 fully saturated rings. The first-order valence-electron chi connectivity index (χ1n) is 9.79. The molecule has 9 heteroatoms. The van der Waals surface area contributed by atoms with E-state index in [1.54, 1.807) is 0 Å². The van der Waals surface area contributed by atoms with E-state index in [2.05, 4.69) is 35.7 Å². The summed E-state index contributed by atoms with van der Waals surface area (Å²) in [4.78, 5) is 16.2. The van der Waals surface area contributed by atoms with Crippen molar-refractivity contribution in [1.82, 2.24) is 30.7 Å². The topological polar surface area (TPSA) is 105 Å². The largest absolute Gasteiger partial charge is 0.444 e. The molecule has 1 aromatic heterocycles. The van der Waals surface area contributed by atoms with Crippen LogP contribution in [0.15, 0.2) is 4.99 Å². The molecule has 3 N–H and O–H groups in total. The van der Waals surface area contributed by atoms with Gasteiger partial charge in [-0.2, -0.15) is 0 Å². The summed E-state index contributed by atoms with van der Waals surface area (Å²) in [6.07, 6.45) is 3.73. The molecule has 0 saturated heterocycles. The third-order valence-corrected chi connectivity index (χ3v) is 3.97. The average molecular weight is 380 g/mol. The minimum absolute atomic E-state index is 0.389. The van der Waals surface area contributed by atoms with E-state index in [0.29, 0.717) is 19.6 Å². The Kier molecular flexibility index (Phi) is 7.87. The molecule has 27 heavy (non-hydrogen) atoms. The molecule has 0 unspecified atom stereocenters. The molecule has 1 aliphatic rings. The molecular formula is C18H33N7O2. The number of aliphatic imine (C=N–C) groups is 1. The van der Waals surface area contributed by atoms with Crippen molar-refractivity contribution < 1.29 is 9.53 Å². The number of aromatic nitrogens is 3. The zero-order valence-electron chi connectivity index (χ0n) is 17.0. The summed E-state index contributed by atoms with van der Waals surface area (Å²) < 4.78 is 7.39. The van der Waals surface area contributed by atoms with Crippen LogP contribution in [-0.4, -0.2) is 52.1 Å². The number of alkyl carbamates (subject to hydrolysis) is 1. The van der Waals surface area contributed by atoms with E-state index in [9.17, 15) is 4.79 Å². The third kappa shape index (κ3) is 7.44. The van der Waals surface area contributed by atoms with Crippen molar-refractivity contribution >= 4 is 12.1 Å². The monoisotopic (exact) mass is 379 g/mol. The Morgan fingerprint density at radius 3 is 2.70 bits per heavy atom. The maximum Gasteiger partial charge on any atom is 0.407 e. The Balaban J connectivity index is 1.74. The van der Waals surface area contributed by atoms with E-state index in [1.165, 1.54) is 12.8 Å². The standard InChI is InChI=1S/C18H33N7O2/c1-5-19-16(20-10-8-11-21-17(26)27-18(2,3)4)22-13-15-24-23-14-9-6-7-12-25(14)15/h5-13H2,1-4H3,(H,21,26)(H2,19,20,22). The fourth-order valence-electron chi connectivity index (χ4n) is 2.78. The molecule has 0 radical (unpaired) electrons. The summed E-state index contributed by atoms with van der Waals surface area (Å²) in [5.74, 6) is 2.72. The summed E-state index contributed by atoms with van der Waals surface area (Å²) in [6.45, 7) is 11.1. The number of rotatable bonds is 7. The average Bonchev–Trinajstić information content (AvgIpc) is 3.01. The highest BCUT2D eigenvalue weighted by atomic mass is 16.6. The minimum atomic E-state index is -0.478. The van der Waals surface area contributed by atoms with Crippen molar-refractivity contribution in [2.24, 2.45) is 4.99 Å². The van der Waals surface area contributed by atoms with Gasteiger partial charge in [0.1, 0.15) is 18.0 Å². The molecule has 152 valence electrons. The summed E-state index contributed by atoms with van der Waals surface area (Å²) in [5, 5.41) is 17.8. The normalized spacial score (nSPS) is 14.4. The van der Waals surface area contributed by atoms with Gasteiger partial charge in [0, 0.05) is 32.6 Å². The zero-order valence-corrected chi connectivity index (χ0v) is 17.0. The van der Waals surface area contributed by atoms with Crippen LogP contribution in [0.3, 0.4) is 0 Å². The summed E-state index contributed by atoms with van der Waals surface area (Å²) in [7, 11) is 0. The lowest BCUT2D eigenvalue weighted by molar-refractivity contribution is 0.0527. The van der Waals surface area contributed by atoms with E-state index in [-0.39, 0.29) is 6.09 Å². The number of nitrogens with one attached hydrogen (secondary N) is 3. The molecule has 2 rings (SSSR count). The molecule has 2 heterocycles. The molecular weight excluding hydrogens is 346 g/mol. The highest BCUT2D eigenvalue weighted by Crippen LogP contribution is 2.14. The number of hydrogen-bond acceptors (Lipinski definition) is 5. The van der Waals surface area contributed by atoms with Crippen LogP contribution in [0.2, 0.25) is 0 Å². The van der Waals surface area contributed by atoms with Crippen molar-refractivity contribution in [3.05, 3.63) is 11.6 Å². The van der Waals surface area contributed by atoms with Gasteiger partial charge < -0.3 is 25.3 Å². The van der Waals surface area contributed by atoms with Gasteiger partial charge in [-0.25, -0.2) is 9.79 Å². The molecule has 1 aliphatic heterocycles. The van der Waals surface area contributed by atoms with Crippen molar-refractivity contribution in [2.45, 2.75) is 72.1 Å². The van der Waals surface area contributed by atoms with E-state index < -0.39 is 5.60 Å². The van der Waals surface area contributed by atoms with Gasteiger partial charge in [0.25, 0.3) is 0 Å². The van der Waals surface area contributed by atoms with E-state index in [1.807, 2.05) is 27.7 Å². The van der Waals surface area contributed by atoms with Gasteiger partial charge >= 0.3 is 6.09 Å². The van der Waals surface area contributed by atoms with Crippen LogP contribution in [-0.2, 0) is 24.2 Å². The maximum absolute atomic E-state index is 11.6. The molecule has 0 atom stereocenters.